The van der Waals surface area contributed by atoms with Gasteiger partial charge in [-0.05, 0) is 74.8 Å². The number of nitroso groups, excluding NO2 is 1. The molecule has 0 bridgehead atoms. The van der Waals surface area contributed by atoms with Crippen molar-refractivity contribution < 1.29 is 24.5 Å². The summed E-state index contributed by atoms with van der Waals surface area (Å²) < 4.78 is 13.7. The van der Waals surface area contributed by atoms with Crippen LogP contribution in [0.2, 0.25) is 0 Å². The van der Waals surface area contributed by atoms with Crippen LogP contribution in [0.5, 0.6) is 0 Å². The maximum absolute atomic E-state index is 13.7. The number of rotatable bonds is 15. The van der Waals surface area contributed by atoms with Crippen molar-refractivity contribution in [1.82, 2.24) is 0 Å². The lowest BCUT2D eigenvalue weighted by molar-refractivity contribution is -0.137. The van der Waals surface area contributed by atoms with Gasteiger partial charge in [0.1, 0.15) is 5.82 Å². The molecule has 1 aromatic rings. The molecule has 2 rings (SSSR count). The molecule has 31 heavy (non-hydrogen) atoms. The molecule has 0 saturated heterocycles. The number of hydrogen-bond acceptors (Lipinski definition) is 5. The van der Waals surface area contributed by atoms with Gasteiger partial charge in [0.2, 0.25) is 0 Å². The topological polar surface area (TPSA) is 107 Å². The number of unbranched alkanes of at least 4 members (excludes halogenated alkanes) is 3. The smallest absolute Gasteiger partial charge is 0.303 e. The van der Waals surface area contributed by atoms with Gasteiger partial charge < -0.3 is 15.3 Å². The first-order valence-electron chi connectivity index (χ1n) is 11.6. The fraction of sp³-hybridized carbons (Fsp3) is 0.708. The summed E-state index contributed by atoms with van der Waals surface area (Å²) in [6.45, 7) is 0. The van der Waals surface area contributed by atoms with Gasteiger partial charge in [-0.15, -0.1) is 0 Å². The van der Waals surface area contributed by atoms with Gasteiger partial charge >= 0.3 is 5.97 Å². The monoisotopic (exact) mass is 437 g/mol. The average Bonchev–Trinajstić information content (AvgIpc) is 3.04. The number of aliphatic carboxylic acids is 1. The highest BCUT2D eigenvalue weighted by molar-refractivity contribution is 5.66. The van der Waals surface area contributed by atoms with Crippen molar-refractivity contribution in [2.45, 2.75) is 95.3 Å². The zero-order valence-electron chi connectivity index (χ0n) is 18.2. The summed E-state index contributed by atoms with van der Waals surface area (Å²) in [7, 11) is 0. The number of aliphatic hydroxyl groups is 2. The standard InChI is InChI=1S/C24H36FNO5/c25-21-12-6-5-8-17(21)9-7-10-18(27)14-15-19-20(23(28)16-22(19)26-31)11-3-1-2-4-13-24(29)30/h5-6,8,12,18-20,22-23,27-28H,1-4,7,9-11,13-16H2,(H,29,30)/t18-,19+,20+,22?,23-/m0/s1. The summed E-state index contributed by atoms with van der Waals surface area (Å²) in [5, 5.41) is 32.7. The number of benzene rings is 1. The quantitative estimate of drug-likeness (QED) is 0.269. The molecule has 1 saturated carbocycles. The maximum Gasteiger partial charge on any atom is 0.303 e. The molecule has 1 unspecified atom stereocenters. The van der Waals surface area contributed by atoms with Gasteiger partial charge in [-0.2, -0.15) is 4.91 Å². The summed E-state index contributed by atoms with van der Waals surface area (Å²) in [5.41, 5.74) is 0.655. The van der Waals surface area contributed by atoms with Crippen molar-refractivity contribution in [2.24, 2.45) is 17.0 Å². The van der Waals surface area contributed by atoms with Crippen LogP contribution in [0, 0.1) is 22.6 Å². The highest BCUT2D eigenvalue weighted by atomic mass is 19.1. The van der Waals surface area contributed by atoms with Gasteiger partial charge in [0.15, 0.2) is 0 Å². The average molecular weight is 438 g/mol. The molecule has 0 aromatic heterocycles. The Labute approximate surface area is 183 Å². The molecule has 7 heteroatoms. The number of carboxylic acids is 1. The van der Waals surface area contributed by atoms with Crippen LogP contribution >= 0.6 is 0 Å². The number of carboxylic acid groups (broad SMARTS) is 1. The van der Waals surface area contributed by atoms with Gasteiger partial charge in [0, 0.05) is 6.42 Å². The van der Waals surface area contributed by atoms with E-state index < -0.39 is 24.2 Å². The molecule has 1 fully saturated rings. The molecule has 0 amide bonds. The van der Waals surface area contributed by atoms with Crippen molar-refractivity contribution in [2.75, 3.05) is 0 Å². The van der Waals surface area contributed by atoms with Gasteiger partial charge in [-0.3, -0.25) is 4.79 Å². The number of nitrogens with zero attached hydrogens (tertiary/aromatic N) is 1. The van der Waals surface area contributed by atoms with Crippen molar-refractivity contribution in [3.05, 3.63) is 40.6 Å². The Morgan fingerprint density at radius 3 is 2.52 bits per heavy atom. The molecule has 6 nitrogen and oxygen atoms in total. The Bertz CT molecular complexity index is 686. The van der Waals surface area contributed by atoms with Crippen LogP contribution in [0.1, 0.15) is 76.2 Å². The van der Waals surface area contributed by atoms with Crippen LogP contribution in [0.25, 0.3) is 0 Å². The minimum atomic E-state index is -0.779. The molecule has 1 aromatic carbocycles. The van der Waals surface area contributed by atoms with Gasteiger partial charge in [0.05, 0.1) is 18.2 Å². The Kier molecular flexibility index (Phi) is 11.1. The van der Waals surface area contributed by atoms with E-state index in [1.165, 1.54) is 6.07 Å². The van der Waals surface area contributed by atoms with Crippen LogP contribution in [-0.2, 0) is 11.2 Å². The summed E-state index contributed by atoms with van der Waals surface area (Å²) in [4.78, 5) is 21.8. The third-order valence-electron chi connectivity index (χ3n) is 6.61. The number of halogens is 1. The third kappa shape index (κ3) is 8.65. The van der Waals surface area contributed by atoms with Gasteiger partial charge in [-0.25, -0.2) is 4.39 Å². The number of carbonyl (C=O) groups is 1. The van der Waals surface area contributed by atoms with E-state index in [0.29, 0.717) is 50.5 Å². The fourth-order valence-corrected chi connectivity index (χ4v) is 4.87. The minimum absolute atomic E-state index is 0.00668. The molecule has 1 aliphatic rings. The molecule has 0 aliphatic heterocycles. The first kappa shape index (κ1) is 25.4. The molecule has 174 valence electrons. The summed E-state index contributed by atoms with van der Waals surface area (Å²) in [6, 6.07) is 6.24. The van der Waals surface area contributed by atoms with Crippen molar-refractivity contribution >= 4 is 5.97 Å². The zero-order chi connectivity index (χ0) is 22.6. The lowest BCUT2D eigenvalue weighted by Crippen LogP contribution is -2.23. The lowest BCUT2D eigenvalue weighted by atomic mass is 9.84. The van der Waals surface area contributed by atoms with E-state index in [4.69, 9.17) is 5.11 Å². The first-order valence-corrected chi connectivity index (χ1v) is 11.6. The number of hydrogen-bond donors (Lipinski definition) is 3. The van der Waals surface area contributed by atoms with Crippen LogP contribution in [0.15, 0.2) is 29.4 Å². The van der Waals surface area contributed by atoms with E-state index >= 15 is 0 Å². The second-order valence-electron chi connectivity index (χ2n) is 8.86. The van der Waals surface area contributed by atoms with Crippen molar-refractivity contribution in [3.8, 4) is 0 Å². The summed E-state index contributed by atoms with van der Waals surface area (Å²) >= 11 is 0. The zero-order valence-corrected chi connectivity index (χ0v) is 18.2. The molecule has 0 spiro atoms. The Morgan fingerprint density at radius 1 is 1.06 bits per heavy atom. The van der Waals surface area contributed by atoms with Crippen LogP contribution in [0.3, 0.4) is 0 Å². The third-order valence-corrected chi connectivity index (χ3v) is 6.61. The van der Waals surface area contributed by atoms with E-state index in [0.717, 1.165) is 25.7 Å². The van der Waals surface area contributed by atoms with E-state index in [1.807, 2.05) is 0 Å². The normalized spacial score (nSPS) is 24.2. The highest BCUT2D eigenvalue weighted by Crippen LogP contribution is 2.41. The number of aryl methyl sites for hydroxylation is 1. The predicted molar refractivity (Wildman–Crippen MR) is 117 cm³/mol. The second kappa shape index (κ2) is 13.5. The predicted octanol–water partition coefficient (Wildman–Crippen LogP) is 4.85. The first-order chi connectivity index (χ1) is 14.9. The molecule has 1 aliphatic carbocycles. The van der Waals surface area contributed by atoms with Crippen LogP contribution in [0.4, 0.5) is 4.39 Å². The Hall–Kier alpha value is -1.86. The lowest BCUT2D eigenvalue weighted by Gasteiger charge is -2.24. The summed E-state index contributed by atoms with van der Waals surface area (Å²) in [5.74, 6) is -1.04. The van der Waals surface area contributed by atoms with Gasteiger partial charge in [0.25, 0.3) is 0 Å². The van der Waals surface area contributed by atoms with Crippen LogP contribution < -0.4 is 0 Å². The molecule has 3 N–H and O–H groups in total. The molecular formula is C24H36FNO5. The largest absolute Gasteiger partial charge is 0.481 e. The maximum atomic E-state index is 13.7. The Balaban J connectivity index is 1.73. The molecule has 0 heterocycles. The van der Waals surface area contributed by atoms with E-state index in [1.54, 1.807) is 18.2 Å². The van der Waals surface area contributed by atoms with Crippen molar-refractivity contribution in [3.63, 3.8) is 0 Å². The molecule has 0 radical (unpaired) electrons. The fourth-order valence-electron chi connectivity index (χ4n) is 4.87. The van der Waals surface area contributed by atoms with Crippen molar-refractivity contribution in [1.29, 1.82) is 0 Å². The highest BCUT2D eigenvalue weighted by Gasteiger charge is 2.42. The second-order valence-corrected chi connectivity index (χ2v) is 8.86. The van der Waals surface area contributed by atoms with Gasteiger partial charge in [-0.1, -0.05) is 42.6 Å². The number of aliphatic hydroxyl groups excluding tert-OH is 2. The minimum Gasteiger partial charge on any atom is -0.481 e. The van der Waals surface area contributed by atoms with E-state index in [9.17, 15) is 24.3 Å². The van der Waals surface area contributed by atoms with Crippen LogP contribution in [-0.4, -0.2) is 39.5 Å². The Morgan fingerprint density at radius 2 is 1.81 bits per heavy atom. The van der Waals surface area contributed by atoms with E-state index in [-0.39, 0.29) is 24.1 Å². The SMILES string of the molecule is O=NC1C[C@H](O)[C@H](CCCCCCC(=O)O)[C@H]1CC[C@@H](O)CCCc1ccccc1F. The summed E-state index contributed by atoms with van der Waals surface area (Å²) in [6.07, 6.45) is 6.56. The molecular weight excluding hydrogens is 401 g/mol. The van der Waals surface area contributed by atoms with E-state index in [2.05, 4.69) is 5.18 Å². The molecule has 5 atom stereocenters.